The molecular formula is C22H23F3N4O4S. The van der Waals surface area contributed by atoms with E-state index in [1.165, 1.54) is 4.31 Å². The van der Waals surface area contributed by atoms with Gasteiger partial charge in [-0.05, 0) is 37.1 Å². The van der Waals surface area contributed by atoms with E-state index in [9.17, 15) is 26.4 Å². The normalized spacial score (nSPS) is 24.1. The molecule has 1 amide bonds. The first-order valence-corrected chi connectivity index (χ1v) is 12.5. The summed E-state index contributed by atoms with van der Waals surface area (Å²) < 4.78 is 71.9. The molecular weight excluding hydrogens is 473 g/mol. The van der Waals surface area contributed by atoms with E-state index in [2.05, 4.69) is 9.97 Å². The molecule has 3 heterocycles. The predicted molar refractivity (Wildman–Crippen MR) is 113 cm³/mol. The van der Waals surface area contributed by atoms with Crippen LogP contribution in [0.1, 0.15) is 42.9 Å². The Labute approximate surface area is 194 Å². The van der Waals surface area contributed by atoms with Gasteiger partial charge >= 0.3 is 6.18 Å². The van der Waals surface area contributed by atoms with Gasteiger partial charge in [-0.25, -0.2) is 13.4 Å². The molecule has 0 spiro atoms. The van der Waals surface area contributed by atoms with Gasteiger partial charge in [0.15, 0.2) is 0 Å². The highest BCUT2D eigenvalue weighted by atomic mass is 32.2. The molecule has 0 N–H and O–H groups in total. The minimum atomic E-state index is -4.56. The van der Waals surface area contributed by atoms with Crippen LogP contribution < -0.4 is 4.74 Å². The molecule has 8 nitrogen and oxygen atoms in total. The quantitative estimate of drug-likeness (QED) is 0.632. The van der Waals surface area contributed by atoms with Gasteiger partial charge in [0.1, 0.15) is 6.10 Å². The van der Waals surface area contributed by atoms with Crippen molar-refractivity contribution < 1.29 is 31.1 Å². The second-order valence-corrected chi connectivity index (χ2v) is 10.8. The number of alkyl halides is 3. The van der Waals surface area contributed by atoms with Crippen LogP contribution in [0.25, 0.3) is 0 Å². The zero-order chi connectivity index (χ0) is 24.1. The number of amides is 1. The molecule has 0 bridgehead atoms. The number of hydrogen-bond donors (Lipinski definition) is 0. The lowest BCUT2D eigenvalue weighted by Crippen LogP contribution is -2.40. The third-order valence-electron chi connectivity index (χ3n) is 6.44. The fourth-order valence-corrected chi connectivity index (χ4v) is 5.94. The van der Waals surface area contributed by atoms with Crippen molar-refractivity contribution in [3.63, 3.8) is 0 Å². The zero-order valence-electron chi connectivity index (χ0n) is 18.1. The number of halogens is 3. The molecule has 182 valence electrons. The molecule has 2 aromatic rings. The van der Waals surface area contributed by atoms with Crippen LogP contribution in [-0.2, 0) is 21.0 Å². The van der Waals surface area contributed by atoms with Crippen LogP contribution in [0, 0.1) is 0 Å². The van der Waals surface area contributed by atoms with Crippen LogP contribution in [0.3, 0.4) is 0 Å². The Hall–Kier alpha value is -2.73. The topological polar surface area (TPSA) is 92.7 Å². The minimum absolute atomic E-state index is 0.0149. The predicted octanol–water partition coefficient (Wildman–Crippen LogP) is 2.82. The molecule has 2 aliphatic heterocycles. The maximum Gasteiger partial charge on any atom is 0.416 e. The van der Waals surface area contributed by atoms with Crippen molar-refractivity contribution in [2.75, 3.05) is 19.6 Å². The number of benzene rings is 1. The van der Waals surface area contributed by atoms with Gasteiger partial charge < -0.3 is 9.64 Å². The Morgan fingerprint density at radius 3 is 2.38 bits per heavy atom. The molecule has 1 aromatic heterocycles. The van der Waals surface area contributed by atoms with Gasteiger partial charge in [0.05, 0.1) is 35.1 Å². The first-order chi connectivity index (χ1) is 16.1. The van der Waals surface area contributed by atoms with Gasteiger partial charge in [-0.3, -0.25) is 9.78 Å². The second kappa shape index (κ2) is 8.49. The highest BCUT2D eigenvalue weighted by Gasteiger charge is 2.42. The third-order valence-corrected chi connectivity index (χ3v) is 8.32. The van der Waals surface area contributed by atoms with Crippen LogP contribution in [0.2, 0.25) is 0 Å². The molecule has 3 aliphatic rings. The number of fused-ring (bicyclic) bond motifs is 1. The van der Waals surface area contributed by atoms with E-state index in [1.54, 1.807) is 17.3 Å². The maximum atomic E-state index is 13.1. The van der Waals surface area contributed by atoms with Crippen LogP contribution >= 0.6 is 0 Å². The summed E-state index contributed by atoms with van der Waals surface area (Å²) in [6, 6.07) is 3.00. The Morgan fingerprint density at radius 1 is 1.03 bits per heavy atom. The van der Waals surface area contributed by atoms with E-state index in [0.717, 1.165) is 42.8 Å². The second-order valence-electron chi connectivity index (χ2n) is 8.86. The van der Waals surface area contributed by atoms with Crippen molar-refractivity contribution in [1.82, 2.24) is 19.2 Å². The van der Waals surface area contributed by atoms with Crippen molar-refractivity contribution >= 4 is 15.9 Å². The first kappa shape index (κ1) is 23.0. The standard InChI is InChI=1S/C22H23F3N4O4S/c23-22(24,25)15-3-5-18(6-4-15)34(31,32)28-8-7-21(30)29-13-17(9-16(29)12-28)33-20-11-26-19(10-27-20)14-1-2-14/h3-6,10-11,14,16-17H,1-2,7-9,12-13H2/t16-,17-/m0/s1. The summed E-state index contributed by atoms with van der Waals surface area (Å²) in [6.07, 6.45) is 0.979. The maximum absolute atomic E-state index is 13.1. The lowest BCUT2D eigenvalue weighted by molar-refractivity contribution is -0.137. The van der Waals surface area contributed by atoms with Crippen molar-refractivity contribution in [3.8, 4) is 5.88 Å². The van der Waals surface area contributed by atoms with Crippen LogP contribution in [0.4, 0.5) is 13.2 Å². The van der Waals surface area contributed by atoms with E-state index < -0.39 is 27.8 Å². The summed E-state index contributed by atoms with van der Waals surface area (Å²) in [6.45, 7) is 0.319. The Morgan fingerprint density at radius 2 is 1.76 bits per heavy atom. The van der Waals surface area contributed by atoms with Crippen molar-refractivity contribution in [2.45, 2.75) is 54.8 Å². The lowest BCUT2D eigenvalue weighted by atomic mass is 10.2. The van der Waals surface area contributed by atoms with E-state index >= 15 is 0 Å². The van der Waals surface area contributed by atoms with E-state index in [4.69, 9.17) is 4.74 Å². The fourth-order valence-electron chi connectivity index (χ4n) is 4.46. The van der Waals surface area contributed by atoms with Crippen molar-refractivity contribution in [1.29, 1.82) is 0 Å². The van der Waals surface area contributed by atoms with Crippen LogP contribution in [0.5, 0.6) is 5.88 Å². The number of nitrogens with zero attached hydrogens (tertiary/aromatic N) is 4. The summed E-state index contributed by atoms with van der Waals surface area (Å²) in [5, 5.41) is 0. The summed E-state index contributed by atoms with van der Waals surface area (Å²) >= 11 is 0. The van der Waals surface area contributed by atoms with Gasteiger partial charge in [0.2, 0.25) is 21.8 Å². The van der Waals surface area contributed by atoms with Gasteiger partial charge in [-0.1, -0.05) is 0 Å². The molecule has 0 radical (unpaired) electrons. The average molecular weight is 497 g/mol. The number of aromatic nitrogens is 2. The van der Waals surface area contributed by atoms with Crippen molar-refractivity contribution in [2.24, 2.45) is 0 Å². The van der Waals surface area contributed by atoms with Gasteiger partial charge in [-0.15, -0.1) is 0 Å². The summed E-state index contributed by atoms with van der Waals surface area (Å²) in [5.41, 5.74) is 0.0136. The number of hydrogen-bond acceptors (Lipinski definition) is 6. The van der Waals surface area contributed by atoms with Gasteiger partial charge in [0.25, 0.3) is 0 Å². The molecule has 2 saturated heterocycles. The molecule has 5 rings (SSSR count). The monoisotopic (exact) mass is 496 g/mol. The zero-order valence-corrected chi connectivity index (χ0v) is 18.9. The van der Waals surface area contributed by atoms with Gasteiger partial charge in [-0.2, -0.15) is 17.5 Å². The number of sulfonamides is 1. The van der Waals surface area contributed by atoms with Crippen LogP contribution in [-0.4, -0.2) is 65.3 Å². The molecule has 0 unspecified atom stereocenters. The van der Waals surface area contributed by atoms with E-state index in [1.807, 2.05) is 0 Å². The molecule has 3 fully saturated rings. The molecule has 34 heavy (non-hydrogen) atoms. The molecule has 12 heteroatoms. The molecule has 2 atom stereocenters. The summed E-state index contributed by atoms with van der Waals surface area (Å²) in [4.78, 5) is 22.7. The summed E-state index contributed by atoms with van der Waals surface area (Å²) in [5.74, 6) is 0.645. The number of carbonyl (C=O) groups is 1. The fraction of sp³-hybridized carbons (Fsp3) is 0.500. The Balaban J connectivity index is 1.28. The van der Waals surface area contributed by atoms with E-state index in [-0.39, 0.29) is 36.4 Å². The van der Waals surface area contributed by atoms with E-state index in [0.29, 0.717) is 24.8 Å². The lowest BCUT2D eigenvalue weighted by Gasteiger charge is -2.25. The van der Waals surface area contributed by atoms with Crippen molar-refractivity contribution in [3.05, 3.63) is 47.9 Å². The van der Waals surface area contributed by atoms with Gasteiger partial charge in [0, 0.05) is 37.9 Å². The molecule has 1 aromatic carbocycles. The highest BCUT2D eigenvalue weighted by molar-refractivity contribution is 7.89. The Kier molecular flexibility index (Phi) is 5.75. The largest absolute Gasteiger partial charge is 0.471 e. The SMILES string of the molecule is O=C1CCN(S(=O)(=O)c2ccc(C(F)(F)F)cc2)C[C@@H]2C[C@H](Oc3cnc(C4CC4)cn3)CN12. The first-order valence-electron chi connectivity index (χ1n) is 11.1. The Bertz CT molecular complexity index is 1170. The molecule has 1 aliphatic carbocycles. The number of carbonyl (C=O) groups excluding carboxylic acids is 1. The number of rotatable bonds is 5. The minimum Gasteiger partial charge on any atom is -0.471 e. The summed E-state index contributed by atoms with van der Waals surface area (Å²) in [7, 11) is -4.07. The smallest absolute Gasteiger partial charge is 0.416 e. The average Bonchev–Trinajstić information content (AvgIpc) is 3.59. The molecule has 1 saturated carbocycles. The third kappa shape index (κ3) is 4.61. The van der Waals surface area contributed by atoms with Crippen LogP contribution in [0.15, 0.2) is 41.6 Å². The highest BCUT2D eigenvalue weighted by Crippen LogP contribution is 2.38. The number of ether oxygens (including phenoxy) is 1.